The third-order valence-corrected chi connectivity index (χ3v) is 2.64. The van der Waals surface area contributed by atoms with Gasteiger partial charge in [0.05, 0.1) is 6.04 Å². The summed E-state index contributed by atoms with van der Waals surface area (Å²) >= 11 is 0. The van der Waals surface area contributed by atoms with Crippen molar-refractivity contribution in [3.63, 3.8) is 0 Å². The molecule has 0 bridgehead atoms. The number of aryl methyl sites for hydroxylation is 2. The molecule has 16 heavy (non-hydrogen) atoms. The molecule has 0 aromatic heterocycles. The van der Waals surface area contributed by atoms with Crippen LogP contribution < -0.4 is 5.32 Å². The first kappa shape index (κ1) is 13.0. The zero-order valence-electron chi connectivity index (χ0n) is 10.7. The van der Waals surface area contributed by atoms with Gasteiger partial charge in [-0.05, 0) is 32.4 Å². The summed E-state index contributed by atoms with van der Waals surface area (Å²) < 4.78 is 10.4. The molecule has 1 N–H and O–H groups in total. The van der Waals surface area contributed by atoms with Gasteiger partial charge in [-0.2, -0.15) is 0 Å². The highest BCUT2D eigenvalue weighted by Crippen LogP contribution is 2.18. The van der Waals surface area contributed by atoms with Gasteiger partial charge < -0.3 is 14.8 Å². The van der Waals surface area contributed by atoms with Crippen LogP contribution in [0.4, 0.5) is 5.69 Å². The topological polar surface area (TPSA) is 30.5 Å². The van der Waals surface area contributed by atoms with Gasteiger partial charge in [0.25, 0.3) is 0 Å². The molecule has 0 saturated carbocycles. The molecule has 0 heterocycles. The maximum Gasteiger partial charge on any atom is 0.176 e. The Labute approximate surface area is 97.8 Å². The maximum atomic E-state index is 5.21. The third-order valence-electron chi connectivity index (χ3n) is 2.64. The van der Waals surface area contributed by atoms with Gasteiger partial charge in [0.2, 0.25) is 0 Å². The Bertz CT molecular complexity index is 335. The average Bonchev–Trinajstić information content (AvgIpc) is 2.24. The first-order valence-corrected chi connectivity index (χ1v) is 5.48. The van der Waals surface area contributed by atoms with Gasteiger partial charge >= 0.3 is 0 Å². The third kappa shape index (κ3) is 3.22. The van der Waals surface area contributed by atoms with Crippen molar-refractivity contribution in [2.45, 2.75) is 33.1 Å². The number of ether oxygens (including phenoxy) is 2. The largest absolute Gasteiger partial charge is 0.377 e. The Morgan fingerprint density at radius 2 is 1.75 bits per heavy atom. The first-order valence-electron chi connectivity index (χ1n) is 5.48. The number of hydrogen-bond acceptors (Lipinski definition) is 3. The Hall–Kier alpha value is -1.06. The second-order valence-corrected chi connectivity index (χ2v) is 4.09. The zero-order chi connectivity index (χ0) is 12.1. The molecule has 1 rings (SSSR count). The lowest BCUT2D eigenvalue weighted by molar-refractivity contribution is -0.109. The summed E-state index contributed by atoms with van der Waals surface area (Å²) in [5.74, 6) is 0. The summed E-state index contributed by atoms with van der Waals surface area (Å²) in [4.78, 5) is 0. The summed E-state index contributed by atoms with van der Waals surface area (Å²) in [7, 11) is 3.29. The van der Waals surface area contributed by atoms with Crippen LogP contribution in [-0.4, -0.2) is 26.6 Å². The minimum atomic E-state index is -0.235. The van der Waals surface area contributed by atoms with Crippen LogP contribution in [0.3, 0.4) is 0 Å². The zero-order valence-corrected chi connectivity index (χ0v) is 10.7. The standard InChI is InChI=1S/C13H21NO2/c1-9-6-7-12(10(2)8-9)14-11(3)13(15-4)16-5/h6-8,11,13-14H,1-5H3. The minimum Gasteiger partial charge on any atom is -0.377 e. The van der Waals surface area contributed by atoms with E-state index in [9.17, 15) is 0 Å². The van der Waals surface area contributed by atoms with E-state index in [2.05, 4.69) is 37.4 Å². The number of methoxy groups -OCH3 is 2. The van der Waals surface area contributed by atoms with E-state index in [-0.39, 0.29) is 12.3 Å². The van der Waals surface area contributed by atoms with E-state index >= 15 is 0 Å². The molecule has 3 heteroatoms. The van der Waals surface area contributed by atoms with Crippen molar-refractivity contribution < 1.29 is 9.47 Å². The number of nitrogens with one attached hydrogen (secondary N) is 1. The fourth-order valence-corrected chi connectivity index (χ4v) is 1.79. The number of hydrogen-bond donors (Lipinski definition) is 1. The molecule has 0 saturated heterocycles. The Morgan fingerprint density at radius 1 is 1.12 bits per heavy atom. The van der Waals surface area contributed by atoms with Gasteiger partial charge in [-0.25, -0.2) is 0 Å². The Morgan fingerprint density at radius 3 is 2.25 bits per heavy atom. The van der Waals surface area contributed by atoms with Crippen molar-refractivity contribution >= 4 is 5.69 Å². The molecule has 0 fully saturated rings. The highest BCUT2D eigenvalue weighted by molar-refractivity contribution is 5.52. The van der Waals surface area contributed by atoms with Gasteiger partial charge in [-0.15, -0.1) is 0 Å². The monoisotopic (exact) mass is 223 g/mol. The van der Waals surface area contributed by atoms with Gasteiger partial charge in [0, 0.05) is 19.9 Å². The average molecular weight is 223 g/mol. The van der Waals surface area contributed by atoms with Crippen molar-refractivity contribution in [3.05, 3.63) is 29.3 Å². The molecule has 1 aromatic carbocycles. The number of anilines is 1. The molecule has 3 nitrogen and oxygen atoms in total. The Kier molecular flexibility index (Phi) is 4.77. The fraction of sp³-hybridized carbons (Fsp3) is 0.538. The molecule has 0 aliphatic carbocycles. The maximum absolute atomic E-state index is 5.21. The van der Waals surface area contributed by atoms with Crippen molar-refractivity contribution in [1.29, 1.82) is 0 Å². The smallest absolute Gasteiger partial charge is 0.176 e. The van der Waals surface area contributed by atoms with Crippen LogP contribution in [0, 0.1) is 13.8 Å². The molecule has 90 valence electrons. The molecule has 1 atom stereocenters. The molecule has 0 spiro atoms. The quantitative estimate of drug-likeness (QED) is 0.779. The lowest BCUT2D eigenvalue weighted by Gasteiger charge is -2.24. The fourth-order valence-electron chi connectivity index (χ4n) is 1.79. The molecular formula is C13H21NO2. The molecule has 0 amide bonds. The summed E-state index contributed by atoms with van der Waals surface area (Å²) in [6.45, 7) is 6.22. The van der Waals surface area contributed by atoms with Crippen LogP contribution in [0.15, 0.2) is 18.2 Å². The van der Waals surface area contributed by atoms with E-state index < -0.39 is 0 Å². The summed E-state index contributed by atoms with van der Waals surface area (Å²) in [5.41, 5.74) is 3.63. The van der Waals surface area contributed by atoms with E-state index in [4.69, 9.17) is 9.47 Å². The Balaban J connectivity index is 2.72. The van der Waals surface area contributed by atoms with E-state index in [0.29, 0.717) is 0 Å². The highest BCUT2D eigenvalue weighted by Gasteiger charge is 2.15. The van der Waals surface area contributed by atoms with Crippen LogP contribution in [0.1, 0.15) is 18.1 Å². The molecule has 1 aromatic rings. The first-order chi connectivity index (χ1) is 7.58. The van der Waals surface area contributed by atoms with Gasteiger partial charge in [-0.3, -0.25) is 0 Å². The number of rotatable bonds is 5. The van der Waals surface area contributed by atoms with Gasteiger partial charge in [0.1, 0.15) is 0 Å². The van der Waals surface area contributed by atoms with Crippen LogP contribution in [0.25, 0.3) is 0 Å². The highest BCUT2D eigenvalue weighted by atomic mass is 16.7. The van der Waals surface area contributed by atoms with Crippen molar-refractivity contribution in [1.82, 2.24) is 0 Å². The molecule has 1 unspecified atom stereocenters. The van der Waals surface area contributed by atoms with E-state index in [1.807, 2.05) is 6.92 Å². The van der Waals surface area contributed by atoms with Crippen LogP contribution >= 0.6 is 0 Å². The molecular weight excluding hydrogens is 202 g/mol. The molecule has 0 aliphatic heterocycles. The van der Waals surface area contributed by atoms with Gasteiger partial charge in [-0.1, -0.05) is 17.7 Å². The number of benzene rings is 1. The van der Waals surface area contributed by atoms with E-state index in [1.165, 1.54) is 11.1 Å². The SMILES string of the molecule is COC(OC)C(C)Nc1ccc(C)cc1C. The van der Waals surface area contributed by atoms with E-state index in [0.717, 1.165) is 5.69 Å². The van der Waals surface area contributed by atoms with Crippen LogP contribution in [0.5, 0.6) is 0 Å². The normalized spacial score (nSPS) is 12.9. The summed E-state index contributed by atoms with van der Waals surface area (Å²) in [5, 5.41) is 3.39. The van der Waals surface area contributed by atoms with Gasteiger partial charge in [0.15, 0.2) is 6.29 Å². The summed E-state index contributed by atoms with van der Waals surface area (Å²) in [6, 6.07) is 6.44. The summed E-state index contributed by atoms with van der Waals surface area (Å²) in [6.07, 6.45) is -0.235. The second-order valence-electron chi connectivity index (χ2n) is 4.09. The van der Waals surface area contributed by atoms with Crippen LogP contribution in [-0.2, 0) is 9.47 Å². The lowest BCUT2D eigenvalue weighted by Crippen LogP contribution is -2.33. The van der Waals surface area contributed by atoms with Crippen molar-refractivity contribution in [3.8, 4) is 0 Å². The second kappa shape index (κ2) is 5.87. The minimum absolute atomic E-state index is 0.108. The predicted octanol–water partition coefficient (Wildman–Crippen LogP) is 2.72. The lowest BCUT2D eigenvalue weighted by atomic mass is 10.1. The van der Waals surface area contributed by atoms with Crippen LogP contribution in [0.2, 0.25) is 0 Å². The van der Waals surface area contributed by atoms with E-state index in [1.54, 1.807) is 14.2 Å². The predicted molar refractivity (Wildman–Crippen MR) is 66.8 cm³/mol. The molecule has 0 aliphatic rings. The van der Waals surface area contributed by atoms with Crippen molar-refractivity contribution in [2.75, 3.05) is 19.5 Å². The van der Waals surface area contributed by atoms with Crippen molar-refractivity contribution in [2.24, 2.45) is 0 Å². The molecule has 0 radical (unpaired) electrons.